The van der Waals surface area contributed by atoms with E-state index in [9.17, 15) is 26.3 Å². The van der Waals surface area contributed by atoms with Crippen molar-refractivity contribution in [3.8, 4) is 0 Å². The third-order valence-electron chi connectivity index (χ3n) is 2.49. The average Bonchev–Trinajstić information content (AvgIpc) is 2.26. The van der Waals surface area contributed by atoms with Crippen molar-refractivity contribution in [3.63, 3.8) is 0 Å². The van der Waals surface area contributed by atoms with Gasteiger partial charge in [-0.15, -0.1) is 0 Å². The highest BCUT2D eigenvalue weighted by Crippen LogP contribution is 2.29. The Morgan fingerprint density at radius 1 is 0.950 bits per heavy atom. The van der Waals surface area contributed by atoms with Crippen molar-refractivity contribution in [1.82, 2.24) is 4.90 Å². The summed E-state index contributed by atoms with van der Waals surface area (Å²) in [6.45, 7) is -0.997. The Balaban J connectivity index is 2.74. The summed E-state index contributed by atoms with van der Waals surface area (Å²) in [7, 11) is 0. The minimum atomic E-state index is -4.44. The van der Waals surface area contributed by atoms with E-state index < -0.39 is 24.5 Å². The first-order valence-electron chi connectivity index (χ1n) is 5.63. The minimum absolute atomic E-state index is 0.0523. The first kappa shape index (κ1) is 17.3. The molecule has 0 aliphatic rings. The Hall–Kier alpha value is -0.760. The van der Waals surface area contributed by atoms with Crippen molar-refractivity contribution in [2.45, 2.75) is 18.9 Å². The molecule has 0 saturated carbocycles. The molecule has 0 radical (unpaired) electrons. The van der Waals surface area contributed by atoms with Crippen LogP contribution in [0, 0.1) is 0 Å². The number of rotatable bonds is 5. The molecule has 114 valence electrons. The summed E-state index contributed by atoms with van der Waals surface area (Å²) < 4.78 is 74.1. The van der Waals surface area contributed by atoms with E-state index in [0.29, 0.717) is 10.9 Å². The summed E-state index contributed by atoms with van der Waals surface area (Å²) in [6.07, 6.45) is -8.78. The Morgan fingerprint density at radius 2 is 1.50 bits per heavy atom. The third-order valence-corrected chi connectivity index (χ3v) is 2.85. The molecular weight excluding hydrogens is 352 g/mol. The maximum atomic E-state index is 12.4. The molecule has 1 nitrogen and oxygen atoms in total. The van der Waals surface area contributed by atoms with Crippen LogP contribution in [0.3, 0.4) is 0 Å². The van der Waals surface area contributed by atoms with Gasteiger partial charge in [0, 0.05) is 18.4 Å². The Morgan fingerprint density at radius 3 is 1.90 bits per heavy atom. The Labute approximate surface area is 120 Å². The van der Waals surface area contributed by atoms with Gasteiger partial charge in [0.2, 0.25) is 0 Å². The molecule has 0 amide bonds. The lowest BCUT2D eigenvalue weighted by Gasteiger charge is -2.22. The molecule has 0 heterocycles. The Bertz CT molecular complexity index is 411. The molecule has 0 bridgehead atoms. The van der Waals surface area contributed by atoms with Gasteiger partial charge in [-0.05, 0) is 17.7 Å². The predicted octanol–water partition coefficient (Wildman–Crippen LogP) is 4.46. The maximum absolute atomic E-state index is 12.4. The molecule has 0 spiro atoms. The smallest absolute Gasteiger partial charge is 0.290 e. The second-order valence-corrected chi connectivity index (χ2v) is 5.00. The molecule has 1 aromatic carbocycles. The summed E-state index contributed by atoms with van der Waals surface area (Å²) in [5.74, 6) is 0. The summed E-state index contributed by atoms with van der Waals surface area (Å²) >= 11 is 3.05. The van der Waals surface area contributed by atoms with Gasteiger partial charge in [-0.1, -0.05) is 28.1 Å². The standard InChI is InChI=1S/C12H12BrF6N/c13-5-6-20(8-11(14,15)16)7-9-1-3-10(4-2-9)12(17,18)19/h1-4H,5-8H2. The van der Waals surface area contributed by atoms with Crippen LogP contribution >= 0.6 is 15.9 Å². The van der Waals surface area contributed by atoms with Gasteiger partial charge in [0.05, 0.1) is 12.1 Å². The summed E-state index contributed by atoms with van der Waals surface area (Å²) in [4.78, 5) is 1.12. The second kappa shape index (κ2) is 6.80. The molecule has 0 unspecified atom stereocenters. The van der Waals surface area contributed by atoms with Crippen LogP contribution in [0.1, 0.15) is 11.1 Å². The van der Waals surface area contributed by atoms with Crippen molar-refractivity contribution in [1.29, 1.82) is 0 Å². The highest BCUT2D eigenvalue weighted by molar-refractivity contribution is 9.09. The number of nitrogens with zero attached hydrogens (tertiary/aromatic N) is 1. The van der Waals surface area contributed by atoms with Crippen LogP contribution in [-0.4, -0.2) is 29.5 Å². The minimum Gasteiger partial charge on any atom is -0.290 e. The van der Waals surface area contributed by atoms with Gasteiger partial charge in [-0.25, -0.2) is 0 Å². The zero-order valence-corrected chi connectivity index (χ0v) is 11.8. The lowest BCUT2D eigenvalue weighted by atomic mass is 10.1. The summed E-state index contributed by atoms with van der Waals surface area (Å²) in [5.41, 5.74) is -0.410. The molecule has 0 aliphatic heterocycles. The number of alkyl halides is 7. The van der Waals surface area contributed by atoms with Crippen molar-refractivity contribution >= 4 is 15.9 Å². The first-order chi connectivity index (χ1) is 9.12. The Kier molecular flexibility index (Phi) is 5.88. The monoisotopic (exact) mass is 363 g/mol. The van der Waals surface area contributed by atoms with Crippen LogP contribution in [0.25, 0.3) is 0 Å². The highest BCUT2D eigenvalue weighted by Gasteiger charge is 2.31. The van der Waals surface area contributed by atoms with Gasteiger partial charge in [0.25, 0.3) is 0 Å². The molecule has 8 heteroatoms. The molecule has 0 fully saturated rings. The zero-order valence-electron chi connectivity index (χ0n) is 10.2. The van der Waals surface area contributed by atoms with Gasteiger partial charge >= 0.3 is 12.4 Å². The van der Waals surface area contributed by atoms with Crippen LogP contribution < -0.4 is 0 Å². The van der Waals surface area contributed by atoms with E-state index in [0.717, 1.165) is 17.0 Å². The quantitative estimate of drug-likeness (QED) is 0.551. The summed E-state index contributed by atoms with van der Waals surface area (Å²) in [6, 6.07) is 4.13. The molecule has 0 N–H and O–H groups in total. The van der Waals surface area contributed by atoms with E-state index in [2.05, 4.69) is 15.9 Å². The fourth-order valence-corrected chi connectivity index (χ4v) is 2.15. The van der Waals surface area contributed by atoms with Crippen LogP contribution in [0.15, 0.2) is 24.3 Å². The molecule has 0 aromatic heterocycles. The number of halogens is 7. The van der Waals surface area contributed by atoms with Crippen molar-refractivity contribution in [2.24, 2.45) is 0 Å². The van der Waals surface area contributed by atoms with Crippen LogP contribution in [-0.2, 0) is 12.7 Å². The van der Waals surface area contributed by atoms with E-state index in [4.69, 9.17) is 0 Å². The van der Waals surface area contributed by atoms with Gasteiger partial charge < -0.3 is 0 Å². The van der Waals surface area contributed by atoms with Gasteiger partial charge in [-0.3, -0.25) is 4.90 Å². The average molecular weight is 364 g/mol. The molecule has 1 aromatic rings. The molecule has 20 heavy (non-hydrogen) atoms. The first-order valence-corrected chi connectivity index (χ1v) is 6.75. The molecule has 0 saturated heterocycles. The topological polar surface area (TPSA) is 3.24 Å². The lowest BCUT2D eigenvalue weighted by Crippen LogP contribution is -2.35. The van der Waals surface area contributed by atoms with Crippen LogP contribution in [0.5, 0.6) is 0 Å². The van der Waals surface area contributed by atoms with Crippen LogP contribution in [0.4, 0.5) is 26.3 Å². The van der Waals surface area contributed by atoms with Crippen LogP contribution in [0.2, 0.25) is 0 Å². The maximum Gasteiger partial charge on any atom is 0.416 e. The van der Waals surface area contributed by atoms with Crippen molar-refractivity contribution < 1.29 is 26.3 Å². The number of hydrogen-bond acceptors (Lipinski definition) is 1. The van der Waals surface area contributed by atoms with E-state index in [1.54, 1.807) is 0 Å². The second-order valence-electron chi connectivity index (χ2n) is 4.21. The van der Waals surface area contributed by atoms with Gasteiger partial charge in [0.1, 0.15) is 0 Å². The molecule has 1 rings (SSSR count). The molecule has 0 aliphatic carbocycles. The summed E-state index contributed by atoms with van der Waals surface area (Å²) in [5, 5.41) is 0.351. The van der Waals surface area contributed by atoms with Crippen molar-refractivity contribution in [3.05, 3.63) is 35.4 Å². The van der Waals surface area contributed by atoms with E-state index in [1.807, 2.05) is 0 Å². The van der Waals surface area contributed by atoms with Gasteiger partial charge in [0.15, 0.2) is 0 Å². The largest absolute Gasteiger partial charge is 0.416 e. The van der Waals surface area contributed by atoms with Gasteiger partial charge in [-0.2, -0.15) is 26.3 Å². The van der Waals surface area contributed by atoms with Crippen molar-refractivity contribution in [2.75, 3.05) is 18.4 Å². The fraction of sp³-hybridized carbons (Fsp3) is 0.500. The van der Waals surface area contributed by atoms with E-state index >= 15 is 0 Å². The SMILES string of the molecule is FC(F)(F)CN(CCBr)Cc1ccc(C(F)(F)F)cc1. The number of benzene rings is 1. The molecule has 0 atom stereocenters. The van der Waals surface area contributed by atoms with E-state index in [-0.39, 0.29) is 13.1 Å². The normalized spacial score (nSPS) is 13.0. The zero-order chi connectivity index (χ0) is 15.4. The van der Waals surface area contributed by atoms with E-state index in [1.165, 1.54) is 12.1 Å². The third kappa shape index (κ3) is 6.13. The predicted molar refractivity (Wildman–Crippen MR) is 66.6 cm³/mol. The lowest BCUT2D eigenvalue weighted by molar-refractivity contribution is -0.146. The fourth-order valence-electron chi connectivity index (χ4n) is 1.64. The number of hydrogen-bond donors (Lipinski definition) is 0. The highest BCUT2D eigenvalue weighted by atomic mass is 79.9. The molecular formula is C12H12BrF6N.